The highest BCUT2D eigenvalue weighted by Crippen LogP contribution is 2.43. The summed E-state index contributed by atoms with van der Waals surface area (Å²) in [5.41, 5.74) is 1.73. The molecule has 0 saturated heterocycles. The van der Waals surface area contributed by atoms with E-state index in [0.29, 0.717) is 6.10 Å². The quantitative estimate of drug-likeness (QED) is 0.634. The third kappa shape index (κ3) is 1.73. The number of rotatable bonds is 0. The predicted octanol–water partition coefficient (Wildman–Crippen LogP) is 3.72. The molecule has 14 heavy (non-hydrogen) atoms. The number of ether oxygens (including phenoxy) is 1. The number of hydrogen-bond acceptors (Lipinski definition) is 2. The lowest BCUT2D eigenvalue weighted by atomic mass is 9.85. The van der Waals surface area contributed by atoms with Gasteiger partial charge in [0.25, 0.3) is 0 Å². The molecule has 2 heteroatoms. The highest BCUT2D eigenvalue weighted by Gasteiger charge is 2.32. The van der Waals surface area contributed by atoms with Crippen LogP contribution in [0.3, 0.4) is 0 Å². The summed E-state index contributed by atoms with van der Waals surface area (Å²) < 4.78 is 5.89. The Hall–Kier alpha value is -0.340. The molecule has 1 nitrogen and oxygen atoms in total. The van der Waals surface area contributed by atoms with Gasteiger partial charge in [0, 0.05) is 9.75 Å². The molecule has 0 saturated carbocycles. The lowest BCUT2D eigenvalue weighted by Crippen LogP contribution is -2.25. The zero-order chi connectivity index (χ0) is 10.3. The fraction of sp³-hybridized carbons (Fsp3) is 0.667. The summed E-state index contributed by atoms with van der Waals surface area (Å²) in [6, 6.07) is 2.32. The summed E-state index contributed by atoms with van der Waals surface area (Å²) in [6.45, 7) is 9.82. The number of thiophene rings is 1. The molecule has 0 aromatic carbocycles. The van der Waals surface area contributed by atoms with E-state index in [1.54, 1.807) is 0 Å². The van der Waals surface area contributed by atoms with E-state index in [1.165, 1.54) is 15.3 Å². The minimum absolute atomic E-state index is 0.215. The van der Waals surface area contributed by atoms with Crippen LogP contribution in [0.5, 0.6) is 0 Å². The van der Waals surface area contributed by atoms with Crippen molar-refractivity contribution >= 4 is 11.3 Å². The lowest BCUT2D eigenvalue weighted by Gasteiger charge is -2.33. The van der Waals surface area contributed by atoms with Crippen molar-refractivity contribution < 1.29 is 4.74 Å². The first-order chi connectivity index (χ1) is 6.48. The Labute approximate surface area is 90.1 Å². The number of fused-ring (bicyclic) bond motifs is 1. The topological polar surface area (TPSA) is 9.23 Å². The Balaban J connectivity index is 2.40. The second-order valence-corrected chi connectivity index (χ2v) is 6.40. The van der Waals surface area contributed by atoms with Crippen LogP contribution in [0.4, 0.5) is 0 Å². The molecule has 0 spiro atoms. The molecule has 1 aliphatic rings. The van der Waals surface area contributed by atoms with Crippen LogP contribution in [0, 0.1) is 12.3 Å². The van der Waals surface area contributed by atoms with Gasteiger partial charge in [-0.25, -0.2) is 0 Å². The van der Waals surface area contributed by atoms with Gasteiger partial charge in [0.05, 0.1) is 12.7 Å². The summed E-state index contributed by atoms with van der Waals surface area (Å²) in [6.07, 6.45) is 1.39. The van der Waals surface area contributed by atoms with Gasteiger partial charge < -0.3 is 4.74 Å². The van der Waals surface area contributed by atoms with Crippen LogP contribution in [0.1, 0.15) is 42.2 Å². The van der Waals surface area contributed by atoms with E-state index in [2.05, 4.69) is 33.8 Å². The molecule has 2 heterocycles. The molecule has 1 aromatic heterocycles. The molecule has 0 bridgehead atoms. The van der Waals surface area contributed by atoms with Crippen LogP contribution in [0.25, 0.3) is 0 Å². The molecule has 78 valence electrons. The van der Waals surface area contributed by atoms with Gasteiger partial charge in [0.2, 0.25) is 0 Å². The van der Waals surface area contributed by atoms with Gasteiger partial charge in [-0.2, -0.15) is 0 Å². The predicted molar refractivity (Wildman–Crippen MR) is 60.9 cm³/mol. The van der Waals surface area contributed by atoms with Gasteiger partial charge in [-0.05, 0) is 30.4 Å². The average molecular weight is 210 g/mol. The van der Waals surface area contributed by atoms with E-state index in [0.717, 1.165) is 13.0 Å². The summed E-state index contributed by atoms with van der Waals surface area (Å²) in [4.78, 5) is 2.87. The van der Waals surface area contributed by atoms with Gasteiger partial charge in [0.15, 0.2) is 0 Å². The van der Waals surface area contributed by atoms with Gasteiger partial charge in [-0.1, -0.05) is 20.8 Å². The third-order valence-corrected chi connectivity index (χ3v) is 3.78. The normalized spacial score (nSPS) is 22.1. The highest BCUT2D eigenvalue weighted by molar-refractivity contribution is 7.12. The maximum Gasteiger partial charge on any atom is 0.0967 e. The standard InChI is InChI=1S/C12H18OS/c1-8-7-9-5-6-13-11(10(9)14-8)12(2,3)4/h7,11H,5-6H2,1-4H3. The van der Waals surface area contributed by atoms with Crippen LogP contribution in [0.15, 0.2) is 6.07 Å². The van der Waals surface area contributed by atoms with Crippen molar-refractivity contribution in [3.8, 4) is 0 Å². The summed E-state index contributed by atoms with van der Waals surface area (Å²) >= 11 is 1.90. The average Bonchev–Trinajstić information content (AvgIpc) is 2.41. The molecular formula is C12H18OS. The van der Waals surface area contributed by atoms with E-state index in [1.807, 2.05) is 11.3 Å². The number of aryl methyl sites for hydroxylation is 1. The monoisotopic (exact) mass is 210 g/mol. The molecule has 1 atom stereocenters. The zero-order valence-electron chi connectivity index (χ0n) is 9.39. The molecule has 1 unspecified atom stereocenters. The van der Waals surface area contributed by atoms with Crippen molar-refractivity contribution in [2.75, 3.05) is 6.61 Å². The SMILES string of the molecule is Cc1cc2c(s1)C(C(C)(C)C)OCC2. The zero-order valence-corrected chi connectivity index (χ0v) is 10.2. The first-order valence-electron chi connectivity index (χ1n) is 5.19. The molecule has 0 aliphatic carbocycles. The van der Waals surface area contributed by atoms with E-state index in [4.69, 9.17) is 4.74 Å². The Morgan fingerprint density at radius 1 is 1.43 bits per heavy atom. The number of hydrogen-bond donors (Lipinski definition) is 0. The van der Waals surface area contributed by atoms with Crippen molar-refractivity contribution in [1.82, 2.24) is 0 Å². The first-order valence-corrected chi connectivity index (χ1v) is 6.01. The minimum atomic E-state index is 0.215. The van der Waals surface area contributed by atoms with Crippen LogP contribution >= 0.6 is 11.3 Å². The summed E-state index contributed by atoms with van der Waals surface area (Å²) in [7, 11) is 0. The highest BCUT2D eigenvalue weighted by atomic mass is 32.1. The van der Waals surface area contributed by atoms with Crippen molar-refractivity contribution in [1.29, 1.82) is 0 Å². The van der Waals surface area contributed by atoms with Gasteiger partial charge >= 0.3 is 0 Å². The van der Waals surface area contributed by atoms with Crippen molar-refractivity contribution in [3.05, 3.63) is 21.4 Å². The van der Waals surface area contributed by atoms with Crippen LogP contribution in [-0.2, 0) is 11.2 Å². The van der Waals surface area contributed by atoms with Gasteiger partial charge in [-0.15, -0.1) is 11.3 Å². The Bertz CT molecular complexity index is 333. The van der Waals surface area contributed by atoms with Crippen LogP contribution in [-0.4, -0.2) is 6.61 Å². The van der Waals surface area contributed by atoms with E-state index < -0.39 is 0 Å². The molecular weight excluding hydrogens is 192 g/mol. The summed E-state index contributed by atoms with van der Waals surface area (Å²) in [5, 5.41) is 0. The maximum atomic E-state index is 5.89. The van der Waals surface area contributed by atoms with Crippen LogP contribution < -0.4 is 0 Å². The van der Waals surface area contributed by atoms with Crippen molar-refractivity contribution in [2.24, 2.45) is 5.41 Å². The molecule has 0 N–H and O–H groups in total. The van der Waals surface area contributed by atoms with Crippen LogP contribution in [0.2, 0.25) is 0 Å². The maximum absolute atomic E-state index is 5.89. The molecule has 2 rings (SSSR count). The molecule has 1 aromatic rings. The Morgan fingerprint density at radius 3 is 2.79 bits per heavy atom. The molecule has 0 amide bonds. The lowest BCUT2D eigenvalue weighted by molar-refractivity contribution is -0.0257. The third-order valence-electron chi connectivity index (χ3n) is 2.65. The molecule has 1 aliphatic heterocycles. The van der Waals surface area contributed by atoms with E-state index in [-0.39, 0.29) is 5.41 Å². The second kappa shape index (κ2) is 3.35. The minimum Gasteiger partial charge on any atom is -0.372 e. The van der Waals surface area contributed by atoms with E-state index >= 15 is 0 Å². The molecule has 0 radical (unpaired) electrons. The Kier molecular flexibility index (Phi) is 2.44. The largest absolute Gasteiger partial charge is 0.372 e. The fourth-order valence-corrected chi connectivity index (χ4v) is 3.38. The van der Waals surface area contributed by atoms with E-state index in [9.17, 15) is 0 Å². The summed E-state index contributed by atoms with van der Waals surface area (Å²) in [5.74, 6) is 0. The van der Waals surface area contributed by atoms with Crippen molar-refractivity contribution in [2.45, 2.75) is 40.2 Å². The second-order valence-electron chi connectivity index (χ2n) is 5.11. The van der Waals surface area contributed by atoms with Gasteiger partial charge in [0.1, 0.15) is 0 Å². The first kappa shape index (κ1) is 10.2. The molecule has 0 fully saturated rings. The Morgan fingerprint density at radius 2 is 2.14 bits per heavy atom. The fourth-order valence-electron chi connectivity index (χ4n) is 2.01. The van der Waals surface area contributed by atoms with Gasteiger partial charge in [-0.3, -0.25) is 0 Å². The smallest absolute Gasteiger partial charge is 0.0967 e. The van der Waals surface area contributed by atoms with Crippen molar-refractivity contribution in [3.63, 3.8) is 0 Å².